The lowest BCUT2D eigenvalue weighted by Gasteiger charge is -2.28. The Morgan fingerprint density at radius 3 is 2.76 bits per heavy atom. The summed E-state index contributed by atoms with van der Waals surface area (Å²) in [7, 11) is 2.13. The second-order valence-electron chi connectivity index (χ2n) is 6.24. The minimum absolute atomic E-state index is 0.0771. The van der Waals surface area contributed by atoms with E-state index in [-0.39, 0.29) is 16.7 Å². The summed E-state index contributed by atoms with van der Waals surface area (Å²) in [5, 5.41) is 7.75. The maximum atomic E-state index is 11.7. The summed E-state index contributed by atoms with van der Waals surface area (Å²) in [6, 6.07) is 0.375. The molecule has 1 amide bonds. The smallest absolute Gasteiger partial charge is 0.271 e. The molecule has 2 aromatic heterocycles. The lowest BCUT2D eigenvalue weighted by Crippen LogP contribution is -2.31. The fraction of sp³-hybridized carbons (Fsp3) is 0.500. The Morgan fingerprint density at radius 2 is 2.12 bits per heavy atom. The second kappa shape index (κ2) is 7.37. The van der Waals surface area contributed by atoms with Gasteiger partial charge < -0.3 is 16.0 Å². The van der Waals surface area contributed by atoms with Gasteiger partial charge in [-0.15, -0.1) is 0 Å². The Hall–Kier alpha value is -2.19. The highest BCUT2D eigenvalue weighted by Gasteiger charge is 2.20. The molecule has 0 bridgehead atoms. The summed E-state index contributed by atoms with van der Waals surface area (Å²) in [6.07, 6.45) is 6.29. The molecular formula is C16H22ClN7O. The van der Waals surface area contributed by atoms with E-state index in [9.17, 15) is 4.79 Å². The summed E-state index contributed by atoms with van der Waals surface area (Å²) in [6.45, 7) is 4.00. The van der Waals surface area contributed by atoms with Crippen molar-refractivity contribution in [2.75, 3.05) is 25.5 Å². The van der Waals surface area contributed by atoms with Crippen molar-refractivity contribution in [1.29, 1.82) is 0 Å². The third-order valence-corrected chi connectivity index (χ3v) is 4.72. The molecule has 8 nitrogen and oxygen atoms in total. The number of rotatable bonds is 5. The van der Waals surface area contributed by atoms with Crippen LogP contribution in [0.1, 0.15) is 42.0 Å². The van der Waals surface area contributed by atoms with Gasteiger partial charge in [0.1, 0.15) is 0 Å². The number of aromatic nitrogens is 4. The van der Waals surface area contributed by atoms with E-state index >= 15 is 0 Å². The second-order valence-corrected chi connectivity index (χ2v) is 6.60. The van der Waals surface area contributed by atoms with E-state index in [0.717, 1.165) is 31.6 Å². The molecule has 1 saturated heterocycles. The molecule has 0 saturated carbocycles. The van der Waals surface area contributed by atoms with Crippen LogP contribution in [0.25, 0.3) is 0 Å². The van der Waals surface area contributed by atoms with Crippen LogP contribution in [0, 0.1) is 0 Å². The molecule has 0 aromatic carbocycles. The van der Waals surface area contributed by atoms with Gasteiger partial charge >= 0.3 is 0 Å². The van der Waals surface area contributed by atoms with Crippen LogP contribution >= 0.6 is 11.6 Å². The van der Waals surface area contributed by atoms with Crippen LogP contribution in [0.4, 0.5) is 11.5 Å². The molecule has 0 unspecified atom stereocenters. The number of hydrogen-bond donors (Lipinski definition) is 2. The lowest BCUT2D eigenvalue weighted by atomic mass is 10.1. The van der Waals surface area contributed by atoms with E-state index in [0.29, 0.717) is 18.2 Å². The number of carbonyl (C=O) groups excluding carboxylic acids is 1. The molecule has 0 aliphatic carbocycles. The third-order valence-electron chi connectivity index (χ3n) is 4.41. The number of aryl methyl sites for hydroxylation is 1. The minimum Gasteiger partial charge on any atom is -0.364 e. The zero-order chi connectivity index (χ0) is 18.0. The third kappa shape index (κ3) is 3.91. The van der Waals surface area contributed by atoms with Crippen LogP contribution in [0.3, 0.4) is 0 Å². The number of nitrogens with one attached hydrogen (secondary N) is 1. The molecule has 3 N–H and O–H groups in total. The number of nitrogens with zero attached hydrogens (tertiary/aromatic N) is 5. The van der Waals surface area contributed by atoms with Crippen LogP contribution in [-0.2, 0) is 6.42 Å². The normalized spacial score (nSPS) is 16.1. The van der Waals surface area contributed by atoms with Crippen molar-refractivity contribution >= 4 is 29.0 Å². The van der Waals surface area contributed by atoms with Gasteiger partial charge in [-0.1, -0.05) is 18.5 Å². The van der Waals surface area contributed by atoms with Crippen molar-refractivity contribution in [3.05, 3.63) is 28.9 Å². The Morgan fingerprint density at radius 1 is 1.40 bits per heavy atom. The highest BCUT2D eigenvalue weighted by Crippen LogP contribution is 2.25. The molecule has 9 heteroatoms. The first-order valence-corrected chi connectivity index (χ1v) is 8.71. The van der Waals surface area contributed by atoms with Gasteiger partial charge in [0.05, 0.1) is 23.6 Å². The number of amides is 1. The predicted octanol–water partition coefficient (Wildman–Crippen LogP) is 2.00. The van der Waals surface area contributed by atoms with Crippen molar-refractivity contribution in [2.45, 2.75) is 32.2 Å². The Bertz CT molecular complexity index is 768. The zero-order valence-electron chi connectivity index (χ0n) is 14.4. The van der Waals surface area contributed by atoms with E-state index in [4.69, 9.17) is 17.3 Å². The van der Waals surface area contributed by atoms with Gasteiger partial charge in [-0.05, 0) is 39.4 Å². The number of primary amides is 1. The number of nitrogens with two attached hydrogens (primary N) is 1. The highest BCUT2D eigenvalue weighted by molar-refractivity contribution is 6.30. The van der Waals surface area contributed by atoms with Gasteiger partial charge in [0.25, 0.3) is 5.91 Å². The summed E-state index contributed by atoms with van der Waals surface area (Å²) in [5.74, 6) is -0.401. The quantitative estimate of drug-likeness (QED) is 0.842. The van der Waals surface area contributed by atoms with Gasteiger partial charge in [0.15, 0.2) is 16.7 Å². The van der Waals surface area contributed by atoms with Crippen molar-refractivity contribution in [3.8, 4) is 0 Å². The van der Waals surface area contributed by atoms with Gasteiger partial charge in [-0.2, -0.15) is 5.10 Å². The molecule has 3 rings (SSSR count). The largest absolute Gasteiger partial charge is 0.364 e. The molecule has 134 valence electrons. The first-order valence-electron chi connectivity index (χ1n) is 8.33. The van der Waals surface area contributed by atoms with Crippen molar-refractivity contribution in [1.82, 2.24) is 24.6 Å². The highest BCUT2D eigenvalue weighted by atomic mass is 35.5. The average Bonchev–Trinajstić information content (AvgIpc) is 3.04. The molecule has 3 heterocycles. The Balaban J connectivity index is 1.81. The summed E-state index contributed by atoms with van der Waals surface area (Å²) < 4.78 is 1.95. The molecule has 25 heavy (non-hydrogen) atoms. The Kier molecular flexibility index (Phi) is 5.19. The van der Waals surface area contributed by atoms with Crippen LogP contribution in [0.15, 0.2) is 12.4 Å². The van der Waals surface area contributed by atoms with Gasteiger partial charge in [-0.3, -0.25) is 9.48 Å². The molecule has 2 aromatic rings. The van der Waals surface area contributed by atoms with E-state index in [2.05, 4.69) is 32.3 Å². The number of carbonyl (C=O) groups is 1. The Labute approximate surface area is 151 Å². The monoisotopic (exact) mass is 363 g/mol. The molecule has 1 fully saturated rings. The number of anilines is 2. The van der Waals surface area contributed by atoms with Crippen LogP contribution in [0.2, 0.25) is 5.15 Å². The number of piperidine rings is 1. The number of likely N-dealkylation sites (tertiary alicyclic amines) is 1. The molecule has 0 radical (unpaired) electrons. The fourth-order valence-corrected chi connectivity index (χ4v) is 3.19. The summed E-state index contributed by atoms with van der Waals surface area (Å²) in [5.41, 5.74) is 6.77. The maximum absolute atomic E-state index is 11.7. The van der Waals surface area contributed by atoms with Gasteiger partial charge in [0, 0.05) is 6.20 Å². The first-order chi connectivity index (χ1) is 12.0. The topological polar surface area (TPSA) is 102 Å². The average molecular weight is 364 g/mol. The van der Waals surface area contributed by atoms with E-state index < -0.39 is 5.91 Å². The van der Waals surface area contributed by atoms with Crippen molar-refractivity contribution in [2.24, 2.45) is 5.73 Å². The van der Waals surface area contributed by atoms with Gasteiger partial charge in [0.2, 0.25) is 0 Å². The maximum Gasteiger partial charge on any atom is 0.271 e. The van der Waals surface area contributed by atoms with E-state index in [1.807, 2.05) is 17.8 Å². The summed E-state index contributed by atoms with van der Waals surface area (Å²) >= 11 is 6.12. The lowest BCUT2D eigenvalue weighted by molar-refractivity contribution is 0.0996. The molecule has 0 atom stereocenters. The number of hydrogen-bond acceptors (Lipinski definition) is 6. The van der Waals surface area contributed by atoms with E-state index in [1.165, 1.54) is 0 Å². The van der Waals surface area contributed by atoms with Crippen LogP contribution < -0.4 is 11.1 Å². The minimum atomic E-state index is -0.649. The molecule has 1 aliphatic heterocycles. The standard InChI is InChI=1S/C16H22ClN7O/c1-3-12-14(17)22-16(13(21-12)15(18)25)20-10-8-19-24(9-10)11-4-6-23(2)7-5-11/h8-9,11H,3-7H2,1-2H3,(H2,18,25)(H,20,22). The number of halogens is 1. The van der Waals surface area contributed by atoms with Crippen molar-refractivity contribution < 1.29 is 4.79 Å². The summed E-state index contributed by atoms with van der Waals surface area (Å²) in [4.78, 5) is 22.5. The van der Waals surface area contributed by atoms with Crippen molar-refractivity contribution in [3.63, 3.8) is 0 Å². The van der Waals surface area contributed by atoms with E-state index in [1.54, 1.807) is 6.20 Å². The molecule has 0 spiro atoms. The van der Waals surface area contributed by atoms with Crippen LogP contribution in [-0.4, -0.2) is 50.7 Å². The fourth-order valence-electron chi connectivity index (χ4n) is 2.93. The molecule has 1 aliphatic rings. The molecular weight excluding hydrogens is 342 g/mol. The SMILES string of the molecule is CCc1nc(C(N)=O)c(Nc2cnn(C3CCN(C)CC3)c2)nc1Cl. The predicted molar refractivity (Wildman–Crippen MR) is 96.2 cm³/mol. The van der Waals surface area contributed by atoms with Crippen LogP contribution in [0.5, 0.6) is 0 Å². The van der Waals surface area contributed by atoms with Gasteiger partial charge in [-0.25, -0.2) is 9.97 Å². The zero-order valence-corrected chi connectivity index (χ0v) is 15.1. The first kappa shape index (κ1) is 17.6.